The number of phenolic OH excluding ortho intramolecular Hbond substituents is 1. The van der Waals surface area contributed by atoms with E-state index in [0.29, 0.717) is 35.9 Å². The lowest BCUT2D eigenvalue weighted by Crippen LogP contribution is -2.34. The smallest absolute Gasteiger partial charge is 0.123 e. The highest BCUT2D eigenvalue weighted by molar-refractivity contribution is 5.79. The zero-order valence-corrected chi connectivity index (χ0v) is 15.7. The SMILES string of the molecule is CCOc1cc(C(Nc2ccc(C#N)cc2)C(=O)[O-])c(O)cc1CC(C)C. The van der Waals surface area contributed by atoms with Crippen molar-refractivity contribution in [2.24, 2.45) is 5.92 Å². The van der Waals surface area contributed by atoms with Crippen LogP contribution >= 0.6 is 0 Å². The number of aliphatic carboxylic acids is 1. The number of nitrogens with one attached hydrogen (secondary N) is 1. The summed E-state index contributed by atoms with van der Waals surface area (Å²) in [6, 6.07) is 10.2. The number of carbonyl (C=O) groups excluding carboxylic acids is 1. The van der Waals surface area contributed by atoms with Gasteiger partial charge in [0.05, 0.1) is 30.3 Å². The van der Waals surface area contributed by atoms with Crippen LogP contribution in [0.1, 0.15) is 43.5 Å². The number of ether oxygens (including phenoxy) is 1. The second-order valence-corrected chi connectivity index (χ2v) is 6.64. The Bertz CT molecular complexity index is 838. The predicted molar refractivity (Wildman–Crippen MR) is 100 cm³/mol. The number of aromatic hydroxyl groups is 1. The third-order valence-corrected chi connectivity index (χ3v) is 4.01. The summed E-state index contributed by atoms with van der Waals surface area (Å²) in [6.07, 6.45) is 0.697. The Morgan fingerprint density at radius 3 is 2.48 bits per heavy atom. The third-order valence-electron chi connectivity index (χ3n) is 4.01. The topological polar surface area (TPSA) is 105 Å². The average molecular weight is 367 g/mol. The van der Waals surface area contributed by atoms with Crippen LogP contribution in [0.3, 0.4) is 0 Å². The summed E-state index contributed by atoms with van der Waals surface area (Å²) < 4.78 is 5.66. The van der Waals surface area contributed by atoms with Crippen LogP contribution < -0.4 is 15.2 Å². The van der Waals surface area contributed by atoms with Gasteiger partial charge < -0.3 is 25.1 Å². The molecular formula is C21H23N2O4-. The molecule has 0 radical (unpaired) electrons. The van der Waals surface area contributed by atoms with Gasteiger partial charge in [-0.15, -0.1) is 0 Å². The Morgan fingerprint density at radius 1 is 1.30 bits per heavy atom. The summed E-state index contributed by atoms with van der Waals surface area (Å²) in [6.45, 7) is 6.37. The van der Waals surface area contributed by atoms with Crippen molar-refractivity contribution < 1.29 is 19.7 Å². The number of carbonyl (C=O) groups is 1. The van der Waals surface area contributed by atoms with Crippen LogP contribution in [0.4, 0.5) is 5.69 Å². The lowest BCUT2D eigenvalue weighted by atomic mass is 9.97. The van der Waals surface area contributed by atoms with Crippen molar-refractivity contribution in [3.8, 4) is 17.6 Å². The van der Waals surface area contributed by atoms with Gasteiger partial charge in [-0.2, -0.15) is 5.26 Å². The molecule has 0 saturated carbocycles. The first-order valence-electron chi connectivity index (χ1n) is 8.81. The molecule has 142 valence electrons. The Morgan fingerprint density at radius 2 is 1.96 bits per heavy atom. The normalized spacial score (nSPS) is 11.7. The van der Waals surface area contributed by atoms with Crippen LogP contribution in [-0.4, -0.2) is 17.7 Å². The number of carboxylic acid groups (broad SMARTS) is 1. The highest BCUT2D eigenvalue weighted by Crippen LogP contribution is 2.35. The predicted octanol–water partition coefficient (Wildman–Crippen LogP) is 2.76. The first-order chi connectivity index (χ1) is 12.8. The molecule has 6 nitrogen and oxygen atoms in total. The van der Waals surface area contributed by atoms with E-state index in [2.05, 4.69) is 19.2 Å². The van der Waals surface area contributed by atoms with Crippen molar-refractivity contribution in [3.05, 3.63) is 53.1 Å². The van der Waals surface area contributed by atoms with Gasteiger partial charge in [0.1, 0.15) is 11.5 Å². The van der Waals surface area contributed by atoms with Crippen molar-refractivity contribution >= 4 is 11.7 Å². The monoisotopic (exact) mass is 367 g/mol. The van der Waals surface area contributed by atoms with Crippen LogP contribution in [0, 0.1) is 17.2 Å². The maximum absolute atomic E-state index is 11.7. The van der Waals surface area contributed by atoms with E-state index in [0.717, 1.165) is 5.56 Å². The van der Waals surface area contributed by atoms with Crippen LogP contribution in [-0.2, 0) is 11.2 Å². The zero-order valence-electron chi connectivity index (χ0n) is 15.7. The van der Waals surface area contributed by atoms with E-state index >= 15 is 0 Å². The summed E-state index contributed by atoms with van der Waals surface area (Å²) >= 11 is 0. The van der Waals surface area contributed by atoms with Crippen molar-refractivity contribution in [2.75, 3.05) is 11.9 Å². The fourth-order valence-electron chi connectivity index (χ4n) is 2.82. The molecule has 2 aromatic rings. The molecule has 0 saturated heterocycles. The van der Waals surface area contributed by atoms with Crippen molar-refractivity contribution in [1.29, 1.82) is 5.26 Å². The molecule has 0 aromatic heterocycles. The van der Waals surface area contributed by atoms with Crippen molar-refractivity contribution in [1.82, 2.24) is 0 Å². The first kappa shape index (κ1) is 20.1. The molecule has 2 N–H and O–H groups in total. The first-order valence-corrected chi connectivity index (χ1v) is 8.81. The van der Waals surface area contributed by atoms with Crippen LogP contribution in [0.2, 0.25) is 0 Å². The minimum absolute atomic E-state index is 0.135. The van der Waals surface area contributed by atoms with Crippen molar-refractivity contribution in [3.63, 3.8) is 0 Å². The molecule has 6 heteroatoms. The van der Waals surface area contributed by atoms with Crippen molar-refractivity contribution in [2.45, 2.75) is 33.2 Å². The Labute approximate surface area is 159 Å². The Hall–Kier alpha value is -3.20. The molecule has 27 heavy (non-hydrogen) atoms. The van der Waals surface area contributed by atoms with Crippen LogP contribution in [0.15, 0.2) is 36.4 Å². The fourth-order valence-corrected chi connectivity index (χ4v) is 2.82. The quantitative estimate of drug-likeness (QED) is 0.743. The lowest BCUT2D eigenvalue weighted by molar-refractivity contribution is -0.307. The van der Waals surface area contributed by atoms with E-state index in [-0.39, 0.29) is 11.3 Å². The van der Waals surface area contributed by atoms with Gasteiger partial charge in [0.25, 0.3) is 0 Å². The van der Waals surface area contributed by atoms with Gasteiger partial charge in [0, 0.05) is 11.3 Å². The average Bonchev–Trinajstić information content (AvgIpc) is 2.62. The number of hydrogen-bond donors (Lipinski definition) is 2. The van der Waals surface area contributed by atoms with E-state index < -0.39 is 12.0 Å². The summed E-state index contributed by atoms with van der Waals surface area (Å²) in [5.74, 6) is -0.617. The number of benzene rings is 2. The number of nitrogens with zero attached hydrogens (tertiary/aromatic N) is 1. The number of nitriles is 1. The molecule has 0 aliphatic carbocycles. The number of phenols is 1. The highest BCUT2D eigenvalue weighted by atomic mass is 16.5. The zero-order chi connectivity index (χ0) is 20.0. The molecule has 0 aliphatic rings. The summed E-state index contributed by atoms with van der Waals surface area (Å²) in [7, 11) is 0. The Balaban J connectivity index is 2.41. The van der Waals surface area contributed by atoms with E-state index in [4.69, 9.17) is 10.00 Å². The van der Waals surface area contributed by atoms with E-state index in [1.807, 2.05) is 13.0 Å². The van der Waals surface area contributed by atoms with Gasteiger partial charge in [0.2, 0.25) is 0 Å². The third kappa shape index (κ3) is 5.14. The molecule has 0 aliphatic heterocycles. The summed E-state index contributed by atoms with van der Waals surface area (Å²) in [5.41, 5.74) is 1.94. The molecule has 1 atom stereocenters. The lowest BCUT2D eigenvalue weighted by Gasteiger charge is -2.24. The summed E-state index contributed by atoms with van der Waals surface area (Å²) in [5, 5.41) is 33.9. The van der Waals surface area contributed by atoms with Crippen LogP contribution in [0.25, 0.3) is 0 Å². The molecule has 0 fully saturated rings. The van der Waals surface area contributed by atoms with E-state index in [9.17, 15) is 15.0 Å². The Kier molecular flexibility index (Phi) is 6.67. The minimum Gasteiger partial charge on any atom is -0.548 e. The van der Waals surface area contributed by atoms with Gasteiger partial charge in [-0.3, -0.25) is 0 Å². The molecule has 0 bridgehead atoms. The maximum atomic E-state index is 11.7. The largest absolute Gasteiger partial charge is 0.548 e. The maximum Gasteiger partial charge on any atom is 0.123 e. The summed E-state index contributed by atoms with van der Waals surface area (Å²) in [4.78, 5) is 11.7. The molecule has 2 aromatic carbocycles. The fraction of sp³-hybridized carbons (Fsp3) is 0.333. The highest BCUT2D eigenvalue weighted by Gasteiger charge is 2.20. The molecule has 1 unspecified atom stereocenters. The number of hydrogen-bond acceptors (Lipinski definition) is 6. The van der Waals surface area contributed by atoms with Gasteiger partial charge in [-0.1, -0.05) is 13.8 Å². The molecule has 2 rings (SSSR count). The van der Waals surface area contributed by atoms with Gasteiger partial charge in [-0.25, -0.2) is 0 Å². The van der Waals surface area contributed by atoms with E-state index in [1.165, 1.54) is 0 Å². The molecule has 0 spiro atoms. The molecule has 0 amide bonds. The van der Waals surface area contributed by atoms with E-state index in [1.54, 1.807) is 36.4 Å². The van der Waals surface area contributed by atoms with Crippen LogP contribution in [0.5, 0.6) is 11.5 Å². The molecular weight excluding hydrogens is 344 g/mol. The van der Waals surface area contributed by atoms with Gasteiger partial charge in [-0.05, 0) is 61.2 Å². The second-order valence-electron chi connectivity index (χ2n) is 6.64. The number of carboxylic acids is 1. The molecule has 0 heterocycles. The van der Waals surface area contributed by atoms with Gasteiger partial charge in [0.15, 0.2) is 0 Å². The second kappa shape index (κ2) is 8.95. The van der Waals surface area contributed by atoms with Gasteiger partial charge >= 0.3 is 0 Å². The number of rotatable bonds is 8. The number of anilines is 1. The standard InChI is InChI=1S/C21H24N2O4/c1-4-27-19-11-17(18(24)10-15(19)9-13(2)3)20(21(25)26)23-16-7-5-14(12-22)6-8-16/h5-8,10-11,13,20,23-24H,4,9H2,1-3H3,(H,25,26)/p-1. The minimum atomic E-state index is -1.38.